The number of hydrogen-bond acceptors (Lipinski definition) is 7. The fourth-order valence-electron chi connectivity index (χ4n) is 1.31. The molecule has 0 aliphatic carbocycles. The van der Waals surface area contributed by atoms with Crippen LogP contribution in [0.15, 0.2) is 4.52 Å². The highest BCUT2D eigenvalue weighted by molar-refractivity contribution is 7.10. The van der Waals surface area contributed by atoms with Crippen LogP contribution < -0.4 is 5.32 Å². The Morgan fingerprint density at radius 2 is 2.29 bits per heavy atom. The SMILES string of the molecule is Cc1noc(CNc2snc(C)c2C(=O)O)n1. The van der Waals surface area contributed by atoms with Crippen molar-refractivity contribution in [1.82, 2.24) is 14.5 Å². The van der Waals surface area contributed by atoms with Crippen LogP contribution in [0.25, 0.3) is 0 Å². The third kappa shape index (κ3) is 2.41. The highest BCUT2D eigenvalue weighted by Crippen LogP contribution is 2.24. The average Bonchev–Trinajstić information content (AvgIpc) is 2.82. The summed E-state index contributed by atoms with van der Waals surface area (Å²) in [6, 6.07) is 0. The van der Waals surface area contributed by atoms with Gasteiger partial charge in [-0.3, -0.25) is 0 Å². The molecule has 2 heterocycles. The van der Waals surface area contributed by atoms with Gasteiger partial charge in [-0.05, 0) is 25.4 Å². The predicted molar refractivity (Wildman–Crippen MR) is 60.2 cm³/mol. The van der Waals surface area contributed by atoms with Gasteiger partial charge < -0.3 is 14.9 Å². The van der Waals surface area contributed by atoms with Crippen molar-refractivity contribution >= 4 is 22.5 Å². The maximum Gasteiger partial charge on any atom is 0.340 e. The summed E-state index contributed by atoms with van der Waals surface area (Å²) in [5, 5.41) is 16.1. The number of aromatic nitrogens is 3. The van der Waals surface area contributed by atoms with Gasteiger partial charge in [0.15, 0.2) is 5.82 Å². The molecule has 2 N–H and O–H groups in total. The fraction of sp³-hybridized carbons (Fsp3) is 0.333. The minimum absolute atomic E-state index is 0.186. The van der Waals surface area contributed by atoms with E-state index in [1.807, 2.05) is 0 Å². The van der Waals surface area contributed by atoms with E-state index >= 15 is 0 Å². The monoisotopic (exact) mass is 254 g/mol. The van der Waals surface area contributed by atoms with Crippen LogP contribution in [0.3, 0.4) is 0 Å². The Bertz CT molecular complexity index is 548. The van der Waals surface area contributed by atoms with E-state index in [1.54, 1.807) is 13.8 Å². The molecule has 0 amide bonds. The molecule has 0 aliphatic rings. The van der Waals surface area contributed by atoms with E-state index in [9.17, 15) is 4.79 Å². The van der Waals surface area contributed by atoms with Crippen LogP contribution in [0.5, 0.6) is 0 Å². The lowest BCUT2D eigenvalue weighted by atomic mass is 10.2. The van der Waals surface area contributed by atoms with E-state index in [1.165, 1.54) is 0 Å². The molecule has 0 aliphatic heterocycles. The molecule has 0 aromatic carbocycles. The predicted octanol–water partition coefficient (Wildman–Crippen LogP) is 1.45. The summed E-state index contributed by atoms with van der Waals surface area (Å²) in [5.74, 6) is -0.0499. The second kappa shape index (κ2) is 4.50. The molecule has 8 heteroatoms. The lowest BCUT2D eigenvalue weighted by molar-refractivity contribution is 0.0697. The molecule has 0 fully saturated rings. The Morgan fingerprint density at radius 3 is 2.88 bits per heavy atom. The van der Waals surface area contributed by atoms with Gasteiger partial charge in [0.1, 0.15) is 10.6 Å². The molecule has 0 spiro atoms. The van der Waals surface area contributed by atoms with Crippen molar-refractivity contribution in [2.24, 2.45) is 0 Å². The first-order valence-electron chi connectivity index (χ1n) is 4.80. The molecule has 0 saturated carbocycles. The standard InChI is InChI=1S/C9H10N4O3S/c1-4-7(9(14)15)8(17-13-4)10-3-6-11-5(2)12-16-6/h10H,3H2,1-2H3,(H,14,15). The van der Waals surface area contributed by atoms with Gasteiger partial charge in [-0.1, -0.05) is 5.16 Å². The van der Waals surface area contributed by atoms with E-state index in [4.69, 9.17) is 9.63 Å². The number of nitrogens with one attached hydrogen (secondary N) is 1. The van der Waals surface area contributed by atoms with Crippen molar-refractivity contribution in [3.8, 4) is 0 Å². The van der Waals surface area contributed by atoms with Gasteiger partial charge >= 0.3 is 5.97 Å². The van der Waals surface area contributed by atoms with E-state index < -0.39 is 5.97 Å². The van der Waals surface area contributed by atoms with Crippen LogP contribution in [-0.2, 0) is 6.54 Å². The molecular formula is C9H10N4O3S. The number of carboxylic acid groups (broad SMARTS) is 1. The average molecular weight is 254 g/mol. The number of carbonyl (C=O) groups is 1. The summed E-state index contributed by atoms with van der Waals surface area (Å²) in [6.07, 6.45) is 0. The van der Waals surface area contributed by atoms with Crippen molar-refractivity contribution in [1.29, 1.82) is 0 Å². The van der Waals surface area contributed by atoms with E-state index in [2.05, 4.69) is 19.8 Å². The molecule has 0 radical (unpaired) electrons. The summed E-state index contributed by atoms with van der Waals surface area (Å²) >= 11 is 1.10. The third-order valence-electron chi connectivity index (χ3n) is 2.05. The molecule has 0 bridgehead atoms. The number of anilines is 1. The normalized spacial score (nSPS) is 10.5. The Kier molecular flexibility index (Phi) is 3.05. The maximum atomic E-state index is 11.0. The molecule has 90 valence electrons. The van der Waals surface area contributed by atoms with Crippen LogP contribution in [0.2, 0.25) is 0 Å². The van der Waals surface area contributed by atoms with Gasteiger partial charge in [0.25, 0.3) is 0 Å². The van der Waals surface area contributed by atoms with Crippen molar-refractivity contribution < 1.29 is 14.4 Å². The lowest BCUT2D eigenvalue weighted by Gasteiger charge is -2.00. The number of carboxylic acids is 1. The zero-order valence-corrected chi connectivity index (χ0v) is 10.0. The van der Waals surface area contributed by atoms with E-state index in [0.29, 0.717) is 22.4 Å². The number of rotatable bonds is 4. The Balaban J connectivity index is 2.11. The summed E-state index contributed by atoms with van der Waals surface area (Å²) < 4.78 is 8.89. The Labute approximate surface area is 101 Å². The zero-order valence-electron chi connectivity index (χ0n) is 9.22. The first-order chi connectivity index (χ1) is 8.08. The minimum atomic E-state index is -1.000. The fourth-order valence-corrected chi connectivity index (χ4v) is 2.09. The molecule has 2 aromatic heterocycles. The van der Waals surface area contributed by atoms with Gasteiger partial charge in [-0.25, -0.2) is 4.79 Å². The highest BCUT2D eigenvalue weighted by atomic mass is 32.1. The quantitative estimate of drug-likeness (QED) is 0.851. The van der Waals surface area contributed by atoms with Crippen molar-refractivity contribution in [3.63, 3.8) is 0 Å². The van der Waals surface area contributed by atoms with Crippen LogP contribution in [-0.4, -0.2) is 25.6 Å². The molecule has 0 saturated heterocycles. The third-order valence-corrected chi connectivity index (χ3v) is 2.94. The molecular weight excluding hydrogens is 244 g/mol. The molecule has 0 unspecified atom stereocenters. The maximum absolute atomic E-state index is 11.0. The summed E-state index contributed by atoms with van der Waals surface area (Å²) in [7, 11) is 0. The number of aryl methyl sites for hydroxylation is 2. The van der Waals surface area contributed by atoms with Crippen LogP contribution in [0.4, 0.5) is 5.00 Å². The molecule has 0 atom stereocenters. The van der Waals surface area contributed by atoms with Crippen LogP contribution in [0.1, 0.15) is 27.8 Å². The number of nitrogens with zero attached hydrogens (tertiary/aromatic N) is 3. The van der Waals surface area contributed by atoms with Gasteiger partial charge in [0.2, 0.25) is 5.89 Å². The van der Waals surface area contributed by atoms with Crippen molar-refractivity contribution in [2.75, 3.05) is 5.32 Å². The van der Waals surface area contributed by atoms with Gasteiger partial charge in [-0.15, -0.1) is 0 Å². The molecule has 2 aromatic rings. The number of hydrogen-bond donors (Lipinski definition) is 2. The van der Waals surface area contributed by atoms with Gasteiger partial charge in [0.05, 0.1) is 12.2 Å². The second-order valence-electron chi connectivity index (χ2n) is 3.37. The highest BCUT2D eigenvalue weighted by Gasteiger charge is 2.17. The summed E-state index contributed by atoms with van der Waals surface area (Å²) in [5.41, 5.74) is 0.679. The lowest BCUT2D eigenvalue weighted by Crippen LogP contribution is -2.05. The van der Waals surface area contributed by atoms with E-state index in [0.717, 1.165) is 11.5 Å². The molecule has 7 nitrogen and oxygen atoms in total. The topological polar surface area (TPSA) is 101 Å². The van der Waals surface area contributed by atoms with Crippen LogP contribution in [0, 0.1) is 13.8 Å². The minimum Gasteiger partial charge on any atom is -0.478 e. The first kappa shape index (κ1) is 11.5. The van der Waals surface area contributed by atoms with Crippen molar-refractivity contribution in [2.45, 2.75) is 20.4 Å². The van der Waals surface area contributed by atoms with Gasteiger partial charge in [0, 0.05) is 0 Å². The Hall–Kier alpha value is -1.96. The zero-order chi connectivity index (χ0) is 12.4. The first-order valence-corrected chi connectivity index (χ1v) is 5.58. The molecule has 2 rings (SSSR count). The smallest absolute Gasteiger partial charge is 0.340 e. The Morgan fingerprint density at radius 1 is 1.53 bits per heavy atom. The van der Waals surface area contributed by atoms with Gasteiger partial charge in [-0.2, -0.15) is 9.36 Å². The van der Waals surface area contributed by atoms with E-state index in [-0.39, 0.29) is 12.1 Å². The largest absolute Gasteiger partial charge is 0.478 e. The van der Waals surface area contributed by atoms with Crippen LogP contribution >= 0.6 is 11.5 Å². The second-order valence-corrected chi connectivity index (χ2v) is 4.14. The summed E-state index contributed by atoms with van der Waals surface area (Å²) in [4.78, 5) is 15.0. The summed E-state index contributed by atoms with van der Waals surface area (Å²) in [6.45, 7) is 3.65. The molecule has 17 heavy (non-hydrogen) atoms. The number of aromatic carboxylic acids is 1. The van der Waals surface area contributed by atoms with Crippen molar-refractivity contribution in [3.05, 3.63) is 23.0 Å².